The van der Waals surface area contributed by atoms with E-state index in [2.05, 4.69) is 6.57 Å². The minimum absolute atomic E-state index is 0.843. The second kappa shape index (κ2) is 8.10. The van der Waals surface area contributed by atoms with Crippen molar-refractivity contribution in [3.8, 4) is 6.57 Å². The van der Waals surface area contributed by atoms with Crippen molar-refractivity contribution < 1.29 is 35.4 Å². The highest BCUT2D eigenvalue weighted by molar-refractivity contribution is 5.72. The molecule has 0 aromatic rings. The van der Waals surface area contributed by atoms with Gasteiger partial charge in [-0.25, -0.2) is 10.1 Å². The van der Waals surface area contributed by atoms with Crippen LogP contribution in [0, 0.1) is 11.8 Å². The van der Waals surface area contributed by atoms with Crippen molar-refractivity contribution >= 4 is 5.97 Å². The van der Waals surface area contributed by atoms with E-state index in [1.807, 2.05) is 0 Å². The first kappa shape index (κ1) is 16.2. The number of carboxylic acid groups (broad SMARTS) is 1. The average molecular weight is 223 g/mol. The van der Waals surface area contributed by atoms with E-state index in [0.29, 0.717) is 0 Å². The van der Waals surface area contributed by atoms with Gasteiger partial charge in [0.05, 0.1) is 6.61 Å². The third-order valence-electron chi connectivity index (χ3n) is 1.51. The lowest BCUT2D eigenvalue weighted by molar-refractivity contribution is -0.164. The summed E-state index contributed by atoms with van der Waals surface area (Å²) in [7, 11) is 0. The second-order valence-electron chi connectivity index (χ2n) is 2.51. The molecule has 6 N–H and O–H groups in total. The summed E-state index contributed by atoms with van der Waals surface area (Å²) in [6.07, 6.45) is -7.84. The van der Waals surface area contributed by atoms with Gasteiger partial charge in [-0.2, -0.15) is 0 Å². The molecule has 0 saturated carbocycles. The maximum atomic E-state index is 10.1. The normalized spacial score (nSPS) is 17.8. The molecule has 0 radical (unpaired) electrons. The van der Waals surface area contributed by atoms with Gasteiger partial charge in [0.2, 0.25) is 0 Å². The maximum Gasteiger partial charge on any atom is 0.335 e. The van der Waals surface area contributed by atoms with Crippen LogP contribution in [0.2, 0.25) is 0 Å². The van der Waals surface area contributed by atoms with Gasteiger partial charge in [-0.3, -0.25) is 0 Å². The van der Waals surface area contributed by atoms with Gasteiger partial charge in [0, 0.05) is 6.57 Å². The molecule has 0 aliphatic carbocycles. The van der Waals surface area contributed by atoms with Gasteiger partial charge in [0.1, 0.15) is 18.3 Å². The fraction of sp³-hybridized carbons (Fsp3) is 0.714. The van der Waals surface area contributed by atoms with Crippen LogP contribution in [0.25, 0.3) is 0 Å². The predicted octanol–water partition coefficient (Wildman–Crippen LogP) is -3.35. The van der Waals surface area contributed by atoms with Crippen molar-refractivity contribution in [1.82, 2.24) is 0 Å². The van der Waals surface area contributed by atoms with Gasteiger partial charge in [-0.1, -0.05) is 0 Å². The Hall–Kier alpha value is -1.24. The predicted molar refractivity (Wildman–Crippen MR) is 45.4 cm³/mol. The van der Waals surface area contributed by atoms with Gasteiger partial charge < -0.3 is 30.6 Å². The van der Waals surface area contributed by atoms with Crippen LogP contribution in [0.4, 0.5) is 0 Å². The molecule has 0 fully saturated rings. The van der Waals surface area contributed by atoms with E-state index in [9.17, 15) is 4.79 Å². The van der Waals surface area contributed by atoms with Gasteiger partial charge in [-0.05, 0) is 0 Å². The van der Waals surface area contributed by atoms with E-state index in [4.69, 9.17) is 35.9 Å². The summed E-state index contributed by atoms with van der Waals surface area (Å²) >= 11 is 0. The number of aliphatic hydroxyl groups excluding tert-OH is 5. The van der Waals surface area contributed by atoms with Crippen molar-refractivity contribution in [3.05, 3.63) is 0 Å². The molecule has 0 bridgehead atoms. The number of hydrogen-bond donors (Lipinski definition) is 6. The summed E-state index contributed by atoms with van der Waals surface area (Å²) in [5, 5.41) is 58.3. The van der Waals surface area contributed by atoms with Crippen molar-refractivity contribution in [2.75, 3.05) is 6.61 Å². The Balaban J connectivity index is 0. The molecule has 4 atom stereocenters. The van der Waals surface area contributed by atoms with E-state index in [0.717, 1.165) is 0 Å². The molecule has 0 aromatic heterocycles. The Morgan fingerprint density at radius 1 is 1.13 bits per heavy atom. The van der Waals surface area contributed by atoms with Gasteiger partial charge >= 0.3 is 5.97 Å². The highest BCUT2D eigenvalue weighted by atomic mass is 16.4. The van der Waals surface area contributed by atoms with E-state index in [-0.39, 0.29) is 0 Å². The average Bonchev–Trinajstić information content (AvgIpc) is 2.27. The van der Waals surface area contributed by atoms with Crippen molar-refractivity contribution in [1.29, 1.82) is 5.26 Å². The molecule has 0 aliphatic heterocycles. The largest absolute Gasteiger partial charge is 0.479 e. The molecule has 0 amide bonds. The maximum absolute atomic E-state index is 10.1. The molecule has 88 valence electrons. The van der Waals surface area contributed by atoms with Gasteiger partial charge in [-0.15, -0.1) is 0 Å². The molecule has 0 spiro atoms. The number of hydrogen-bond acceptors (Lipinski definition) is 7. The summed E-state index contributed by atoms with van der Waals surface area (Å²) in [4.78, 5) is 10.1. The lowest BCUT2D eigenvalue weighted by Gasteiger charge is -2.23. The van der Waals surface area contributed by atoms with E-state index in [1.54, 1.807) is 0 Å². The third-order valence-corrected chi connectivity index (χ3v) is 1.51. The zero-order valence-corrected chi connectivity index (χ0v) is 7.63. The number of carboxylic acids is 1. The number of aliphatic hydroxyl groups is 5. The van der Waals surface area contributed by atoms with Crippen molar-refractivity contribution in [2.24, 2.45) is 0 Å². The Morgan fingerprint density at radius 3 is 1.80 bits per heavy atom. The fourth-order valence-corrected chi connectivity index (χ4v) is 0.668. The Bertz CT molecular complexity index is 207. The molecule has 0 aromatic carbocycles. The molecular weight excluding hydrogens is 210 g/mol. The number of nitriles is 1. The summed E-state index contributed by atoms with van der Waals surface area (Å²) in [5.41, 5.74) is 0. The van der Waals surface area contributed by atoms with Gasteiger partial charge in [0.15, 0.2) is 6.10 Å². The molecule has 0 aliphatic rings. The highest BCUT2D eigenvalue weighted by Crippen LogP contribution is 2.04. The SMILES string of the molecule is C#N.O=C(O)[C@H](O)[C@@H](O)[C@H](O)[C@H](O)CO. The molecule has 0 saturated heterocycles. The van der Waals surface area contributed by atoms with Crippen LogP contribution in [0.3, 0.4) is 0 Å². The van der Waals surface area contributed by atoms with Crippen molar-refractivity contribution in [2.45, 2.75) is 24.4 Å². The lowest BCUT2D eigenvalue weighted by Crippen LogP contribution is -2.48. The molecule has 0 unspecified atom stereocenters. The number of aliphatic carboxylic acids is 1. The lowest BCUT2D eigenvalue weighted by atomic mass is 10.0. The zero-order valence-electron chi connectivity index (χ0n) is 7.63. The van der Waals surface area contributed by atoms with Crippen LogP contribution in [-0.2, 0) is 4.79 Å². The van der Waals surface area contributed by atoms with E-state index >= 15 is 0 Å². The molecular formula is C7H13NO7. The molecule has 15 heavy (non-hydrogen) atoms. The van der Waals surface area contributed by atoms with Gasteiger partial charge in [0.25, 0.3) is 0 Å². The fourth-order valence-electron chi connectivity index (χ4n) is 0.668. The first-order valence-electron chi connectivity index (χ1n) is 3.73. The summed E-state index contributed by atoms with van der Waals surface area (Å²) < 4.78 is 0. The van der Waals surface area contributed by atoms with Crippen LogP contribution >= 0.6 is 0 Å². The summed E-state index contributed by atoms with van der Waals surface area (Å²) in [6, 6.07) is 0. The Kier molecular flexibility index (Phi) is 8.75. The third kappa shape index (κ3) is 5.26. The summed E-state index contributed by atoms with van der Waals surface area (Å²) in [5.74, 6) is -1.73. The number of rotatable bonds is 5. The topological polar surface area (TPSA) is 162 Å². The highest BCUT2D eigenvalue weighted by Gasteiger charge is 2.33. The smallest absolute Gasteiger partial charge is 0.335 e. The minimum atomic E-state index is -2.20. The Morgan fingerprint density at radius 2 is 1.53 bits per heavy atom. The quantitative estimate of drug-likeness (QED) is 0.281. The molecule has 0 heterocycles. The van der Waals surface area contributed by atoms with Crippen LogP contribution < -0.4 is 0 Å². The zero-order chi connectivity index (χ0) is 12.6. The van der Waals surface area contributed by atoms with Crippen molar-refractivity contribution in [3.63, 3.8) is 0 Å². The van der Waals surface area contributed by atoms with E-state index < -0.39 is 37.0 Å². The Labute approximate surface area is 85.3 Å². The van der Waals surface area contributed by atoms with Crippen LogP contribution in [0.5, 0.6) is 0 Å². The van der Waals surface area contributed by atoms with Crippen LogP contribution in [-0.4, -0.2) is 67.6 Å². The molecule has 8 heteroatoms. The number of nitrogens with zero attached hydrogens (tertiary/aromatic N) is 1. The number of carbonyl (C=O) groups is 1. The first-order chi connectivity index (χ1) is 6.91. The minimum Gasteiger partial charge on any atom is -0.479 e. The summed E-state index contributed by atoms with van der Waals surface area (Å²) in [6.45, 7) is 2.66. The van der Waals surface area contributed by atoms with Crippen LogP contribution in [0.1, 0.15) is 0 Å². The second-order valence-corrected chi connectivity index (χ2v) is 2.51. The standard InChI is InChI=1S/C6H12O7.CHN/c7-1-2(8)3(9)4(10)5(11)6(12)13;1-2/h2-5,7-11H,1H2,(H,12,13);1H/t2-,3-,4+,5-;/m1./s1. The molecule has 0 rings (SSSR count). The van der Waals surface area contributed by atoms with E-state index in [1.165, 1.54) is 0 Å². The van der Waals surface area contributed by atoms with Crippen LogP contribution in [0.15, 0.2) is 0 Å². The molecule has 8 nitrogen and oxygen atoms in total. The monoisotopic (exact) mass is 223 g/mol. The first-order valence-corrected chi connectivity index (χ1v) is 3.73.